The Labute approximate surface area is 152 Å². The lowest BCUT2D eigenvalue weighted by Gasteiger charge is -2.36. The summed E-state index contributed by atoms with van der Waals surface area (Å²) < 4.78 is 12.5. The fourth-order valence-electron chi connectivity index (χ4n) is 1.89. The highest BCUT2D eigenvalue weighted by Gasteiger charge is 2.39. The lowest BCUT2D eigenvalue weighted by molar-refractivity contribution is 0.385. The van der Waals surface area contributed by atoms with E-state index in [1.807, 2.05) is 23.5 Å². The first-order chi connectivity index (χ1) is 10.7. The Morgan fingerprint density at radius 3 is 2.04 bits per heavy atom. The average molecular weight is 373 g/mol. The van der Waals surface area contributed by atoms with Crippen LogP contribution in [0, 0.1) is 0 Å². The Hall–Kier alpha value is -0.263. The minimum Gasteiger partial charge on any atom is -0.541 e. The summed E-state index contributed by atoms with van der Waals surface area (Å²) in [4.78, 5) is 0. The van der Waals surface area contributed by atoms with Crippen LogP contribution < -0.4 is 9.16 Å². The number of thioether (sulfide) groups is 2. The van der Waals surface area contributed by atoms with Crippen LogP contribution in [0.5, 0.6) is 11.5 Å². The molecule has 1 aromatic carbocycles. The lowest BCUT2D eigenvalue weighted by atomic mass is 10.2. The molecule has 0 heterocycles. The molecule has 0 fully saturated rings. The van der Waals surface area contributed by atoms with Gasteiger partial charge in [0.1, 0.15) is 5.75 Å². The predicted molar refractivity (Wildman–Crippen MR) is 110 cm³/mol. The van der Waals surface area contributed by atoms with Crippen molar-refractivity contribution in [1.82, 2.24) is 0 Å². The van der Waals surface area contributed by atoms with Crippen LogP contribution in [0.25, 0.3) is 0 Å². The molecule has 0 N–H and O–H groups in total. The highest BCUT2D eigenvalue weighted by Crippen LogP contribution is 2.44. The first-order valence-electron chi connectivity index (χ1n) is 8.26. The molecule has 0 unspecified atom stereocenters. The maximum absolute atomic E-state index is 6.44. The summed E-state index contributed by atoms with van der Waals surface area (Å²) in [5.41, 5.74) is 1.31. The molecule has 1 rings (SSSR count). The second-order valence-electron chi connectivity index (χ2n) is 7.02. The van der Waals surface area contributed by atoms with E-state index in [4.69, 9.17) is 9.16 Å². The zero-order chi connectivity index (χ0) is 17.7. The maximum Gasteiger partial charge on any atom is 0.250 e. The van der Waals surface area contributed by atoms with Gasteiger partial charge in [0, 0.05) is 0 Å². The zero-order valence-electron chi connectivity index (χ0n) is 15.9. The number of benzene rings is 1. The third-order valence-electron chi connectivity index (χ3n) is 4.27. The first kappa shape index (κ1) is 20.8. The summed E-state index contributed by atoms with van der Waals surface area (Å²) in [6.07, 6.45) is 0. The molecule has 0 saturated heterocycles. The highest BCUT2D eigenvalue weighted by atomic mass is 32.2. The van der Waals surface area contributed by atoms with Crippen molar-refractivity contribution in [2.75, 3.05) is 18.6 Å². The van der Waals surface area contributed by atoms with Gasteiger partial charge in [0.05, 0.1) is 11.7 Å². The largest absolute Gasteiger partial charge is 0.541 e. The smallest absolute Gasteiger partial charge is 0.250 e. The summed E-state index contributed by atoms with van der Waals surface area (Å²) in [5, 5.41) is 0.176. The first-order valence-corrected chi connectivity index (χ1v) is 13.3. The Kier molecular flexibility index (Phi) is 7.88. The van der Waals surface area contributed by atoms with Crippen molar-refractivity contribution in [2.24, 2.45) is 0 Å². The van der Waals surface area contributed by atoms with E-state index in [1.54, 1.807) is 7.11 Å². The molecular weight excluding hydrogens is 340 g/mol. The molecule has 0 radical (unpaired) electrons. The Morgan fingerprint density at radius 2 is 1.61 bits per heavy atom. The summed E-state index contributed by atoms with van der Waals surface area (Å²) in [6.45, 7) is 15.7. The van der Waals surface area contributed by atoms with Gasteiger partial charge in [-0.1, -0.05) is 40.7 Å². The van der Waals surface area contributed by atoms with E-state index in [0.29, 0.717) is 4.58 Å². The van der Waals surface area contributed by atoms with Crippen LogP contribution in [0.4, 0.5) is 0 Å². The predicted octanol–water partition coefficient (Wildman–Crippen LogP) is 6.58. The monoisotopic (exact) mass is 372 g/mol. The Bertz CT molecular complexity index is 492. The molecule has 23 heavy (non-hydrogen) atoms. The molecule has 5 heteroatoms. The standard InChI is InChI=1S/C18H32O2S2Si/c1-9-21-17(22-10-2)14-11-12-15(16(13-14)19-6)20-23(7,8)18(3,4)5/h11-13,17H,9-10H2,1-8H3. The van der Waals surface area contributed by atoms with Crippen LogP contribution in [-0.2, 0) is 0 Å². The fraction of sp³-hybridized carbons (Fsp3) is 0.667. The SMILES string of the molecule is CCSC(SCC)c1ccc(O[Si](C)(C)C(C)(C)C)c(OC)c1. The highest BCUT2D eigenvalue weighted by molar-refractivity contribution is 8.16. The van der Waals surface area contributed by atoms with Crippen molar-refractivity contribution in [1.29, 1.82) is 0 Å². The molecule has 0 aliphatic carbocycles. The number of hydrogen-bond donors (Lipinski definition) is 0. The normalized spacial score (nSPS) is 12.6. The number of methoxy groups -OCH3 is 1. The summed E-state index contributed by atoms with van der Waals surface area (Å²) in [5.74, 6) is 3.96. The van der Waals surface area contributed by atoms with Crippen molar-refractivity contribution in [3.8, 4) is 11.5 Å². The molecule has 1 aromatic rings. The van der Waals surface area contributed by atoms with Crippen molar-refractivity contribution in [3.05, 3.63) is 23.8 Å². The van der Waals surface area contributed by atoms with Crippen LogP contribution in [0.1, 0.15) is 44.8 Å². The van der Waals surface area contributed by atoms with Crippen molar-refractivity contribution >= 4 is 31.8 Å². The minimum absolute atomic E-state index is 0.176. The summed E-state index contributed by atoms with van der Waals surface area (Å²) in [6, 6.07) is 6.44. The summed E-state index contributed by atoms with van der Waals surface area (Å²) in [7, 11) is -0.130. The van der Waals surface area contributed by atoms with Gasteiger partial charge in [-0.2, -0.15) is 0 Å². The molecule has 0 aromatic heterocycles. The quantitative estimate of drug-likeness (QED) is 0.378. The van der Waals surface area contributed by atoms with Gasteiger partial charge in [0.2, 0.25) is 0 Å². The van der Waals surface area contributed by atoms with Gasteiger partial charge in [-0.3, -0.25) is 0 Å². The van der Waals surface area contributed by atoms with E-state index in [9.17, 15) is 0 Å². The van der Waals surface area contributed by atoms with Crippen molar-refractivity contribution in [3.63, 3.8) is 0 Å². The topological polar surface area (TPSA) is 18.5 Å². The molecule has 0 spiro atoms. The molecule has 0 aliphatic rings. The number of hydrogen-bond acceptors (Lipinski definition) is 4. The molecule has 0 aliphatic heterocycles. The van der Waals surface area contributed by atoms with E-state index < -0.39 is 8.32 Å². The molecule has 132 valence electrons. The van der Waals surface area contributed by atoms with Crippen molar-refractivity contribution < 1.29 is 9.16 Å². The van der Waals surface area contributed by atoms with Gasteiger partial charge in [0.25, 0.3) is 8.32 Å². The van der Waals surface area contributed by atoms with E-state index >= 15 is 0 Å². The third-order valence-corrected chi connectivity index (χ3v) is 11.2. The fourth-order valence-corrected chi connectivity index (χ4v) is 5.40. The Morgan fingerprint density at radius 1 is 1.04 bits per heavy atom. The zero-order valence-corrected chi connectivity index (χ0v) is 18.5. The van der Waals surface area contributed by atoms with Crippen LogP contribution in [0.15, 0.2) is 18.2 Å². The number of ether oxygens (including phenoxy) is 1. The van der Waals surface area contributed by atoms with Gasteiger partial charge >= 0.3 is 0 Å². The third kappa shape index (κ3) is 5.64. The molecular formula is C18H32O2S2Si. The van der Waals surface area contributed by atoms with Crippen LogP contribution in [0.2, 0.25) is 18.1 Å². The van der Waals surface area contributed by atoms with Gasteiger partial charge in [-0.05, 0) is 47.3 Å². The molecule has 0 atom stereocenters. The van der Waals surface area contributed by atoms with Gasteiger partial charge in [-0.25, -0.2) is 0 Å². The molecule has 0 amide bonds. The van der Waals surface area contributed by atoms with Crippen molar-refractivity contribution in [2.45, 2.75) is 57.3 Å². The second kappa shape index (κ2) is 8.72. The molecule has 0 saturated carbocycles. The lowest BCUT2D eigenvalue weighted by Crippen LogP contribution is -2.43. The Balaban J connectivity index is 3.09. The van der Waals surface area contributed by atoms with Gasteiger partial charge in [0.15, 0.2) is 5.75 Å². The molecule has 2 nitrogen and oxygen atoms in total. The number of rotatable bonds is 8. The van der Waals surface area contributed by atoms with E-state index in [0.717, 1.165) is 23.0 Å². The van der Waals surface area contributed by atoms with Gasteiger partial charge < -0.3 is 9.16 Å². The van der Waals surface area contributed by atoms with Crippen LogP contribution >= 0.6 is 23.5 Å². The van der Waals surface area contributed by atoms with Gasteiger partial charge in [-0.15, -0.1) is 23.5 Å². The minimum atomic E-state index is -1.86. The van der Waals surface area contributed by atoms with Crippen LogP contribution in [0.3, 0.4) is 0 Å². The second-order valence-corrected chi connectivity index (χ2v) is 14.8. The maximum atomic E-state index is 6.44. The van der Waals surface area contributed by atoms with E-state index in [2.05, 4.69) is 65.9 Å². The molecule has 0 bridgehead atoms. The average Bonchev–Trinajstić information content (AvgIpc) is 2.46. The van der Waals surface area contributed by atoms with E-state index in [1.165, 1.54) is 5.56 Å². The summed E-state index contributed by atoms with van der Waals surface area (Å²) >= 11 is 3.94. The van der Waals surface area contributed by atoms with E-state index in [-0.39, 0.29) is 5.04 Å². The van der Waals surface area contributed by atoms with Crippen LogP contribution in [-0.4, -0.2) is 26.9 Å².